The highest BCUT2D eigenvalue weighted by Gasteiger charge is 2.47. The normalized spacial score (nSPS) is 27.7. The van der Waals surface area contributed by atoms with Crippen molar-refractivity contribution in [1.29, 1.82) is 0 Å². The van der Waals surface area contributed by atoms with Crippen LogP contribution in [0.2, 0.25) is 0 Å². The summed E-state index contributed by atoms with van der Waals surface area (Å²) >= 11 is 0. The standard InChI is InChI=1S/C15H31NO/c1-12(7-8-17-6)15(16)10-13(2,3)9-14(4,5)11-15/h12H,7-11,16H2,1-6H3. The van der Waals surface area contributed by atoms with Gasteiger partial charge in [-0.05, 0) is 42.4 Å². The Balaban J connectivity index is 2.79. The van der Waals surface area contributed by atoms with E-state index >= 15 is 0 Å². The highest BCUT2D eigenvalue weighted by Crippen LogP contribution is 2.51. The van der Waals surface area contributed by atoms with Gasteiger partial charge < -0.3 is 10.5 Å². The molecule has 1 aliphatic rings. The molecular formula is C15H31NO. The third-order valence-corrected chi connectivity index (χ3v) is 4.31. The van der Waals surface area contributed by atoms with Crippen molar-refractivity contribution in [3.05, 3.63) is 0 Å². The maximum atomic E-state index is 6.74. The van der Waals surface area contributed by atoms with Crippen molar-refractivity contribution < 1.29 is 4.74 Å². The van der Waals surface area contributed by atoms with Crippen molar-refractivity contribution in [2.45, 2.75) is 65.8 Å². The second-order valence-electron chi connectivity index (χ2n) is 7.77. The second kappa shape index (κ2) is 4.89. The number of ether oxygens (including phenoxy) is 1. The van der Waals surface area contributed by atoms with Crippen LogP contribution in [0, 0.1) is 16.7 Å². The van der Waals surface area contributed by atoms with Crippen LogP contribution in [0.4, 0.5) is 0 Å². The third kappa shape index (κ3) is 3.96. The molecule has 1 atom stereocenters. The zero-order valence-electron chi connectivity index (χ0n) is 12.6. The first-order valence-electron chi connectivity index (χ1n) is 6.88. The minimum Gasteiger partial charge on any atom is -0.385 e. The molecule has 102 valence electrons. The number of nitrogens with two attached hydrogens (primary N) is 1. The lowest BCUT2D eigenvalue weighted by atomic mass is 9.55. The van der Waals surface area contributed by atoms with Gasteiger partial charge in [-0.2, -0.15) is 0 Å². The van der Waals surface area contributed by atoms with Gasteiger partial charge in [-0.1, -0.05) is 34.6 Å². The van der Waals surface area contributed by atoms with Crippen LogP contribution in [-0.4, -0.2) is 19.3 Å². The summed E-state index contributed by atoms with van der Waals surface area (Å²) in [5.74, 6) is 0.529. The summed E-state index contributed by atoms with van der Waals surface area (Å²) in [5, 5.41) is 0. The van der Waals surface area contributed by atoms with Crippen LogP contribution in [0.25, 0.3) is 0 Å². The van der Waals surface area contributed by atoms with Crippen molar-refractivity contribution in [2.75, 3.05) is 13.7 Å². The molecule has 2 nitrogen and oxygen atoms in total. The van der Waals surface area contributed by atoms with E-state index in [-0.39, 0.29) is 5.54 Å². The molecule has 1 unspecified atom stereocenters. The molecule has 0 aromatic carbocycles. The summed E-state index contributed by atoms with van der Waals surface area (Å²) in [6.07, 6.45) is 4.61. The molecule has 1 aliphatic carbocycles. The zero-order chi connectivity index (χ0) is 13.3. The van der Waals surface area contributed by atoms with E-state index in [0.29, 0.717) is 16.7 Å². The van der Waals surface area contributed by atoms with Gasteiger partial charge >= 0.3 is 0 Å². The smallest absolute Gasteiger partial charge is 0.0465 e. The molecule has 1 fully saturated rings. The quantitative estimate of drug-likeness (QED) is 0.816. The van der Waals surface area contributed by atoms with Gasteiger partial charge in [0.25, 0.3) is 0 Å². The molecule has 17 heavy (non-hydrogen) atoms. The molecule has 0 radical (unpaired) electrons. The number of hydrogen-bond donors (Lipinski definition) is 1. The first kappa shape index (κ1) is 15.0. The van der Waals surface area contributed by atoms with E-state index in [4.69, 9.17) is 10.5 Å². The van der Waals surface area contributed by atoms with Crippen LogP contribution < -0.4 is 5.73 Å². The summed E-state index contributed by atoms with van der Waals surface area (Å²) in [7, 11) is 1.77. The van der Waals surface area contributed by atoms with E-state index in [2.05, 4.69) is 34.6 Å². The summed E-state index contributed by atoms with van der Waals surface area (Å²) in [4.78, 5) is 0. The fourth-order valence-corrected chi connectivity index (χ4v) is 4.20. The van der Waals surface area contributed by atoms with Crippen LogP contribution in [0.3, 0.4) is 0 Å². The molecule has 0 aromatic heterocycles. The molecule has 0 heterocycles. The zero-order valence-corrected chi connectivity index (χ0v) is 12.6. The Morgan fingerprint density at radius 3 is 1.94 bits per heavy atom. The molecule has 0 aromatic rings. The van der Waals surface area contributed by atoms with E-state index < -0.39 is 0 Å². The fourth-order valence-electron chi connectivity index (χ4n) is 4.20. The first-order chi connectivity index (χ1) is 7.60. The summed E-state index contributed by atoms with van der Waals surface area (Å²) in [6, 6.07) is 0. The molecule has 1 saturated carbocycles. The summed E-state index contributed by atoms with van der Waals surface area (Å²) < 4.78 is 5.20. The number of rotatable bonds is 4. The summed E-state index contributed by atoms with van der Waals surface area (Å²) in [6.45, 7) is 12.5. The lowest BCUT2D eigenvalue weighted by Gasteiger charge is -2.53. The van der Waals surface area contributed by atoms with Crippen molar-refractivity contribution in [3.8, 4) is 0 Å². The molecule has 0 amide bonds. The largest absolute Gasteiger partial charge is 0.385 e. The topological polar surface area (TPSA) is 35.2 Å². The van der Waals surface area contributed by atoms with E-state index in [9.17, 15) is 0 Å². The SMILES string of the molecule is COCCC(C)C1(N)CC(C)(C)CC(C)(C)C1. The van der Waals surface area contributed by atoms with Gasteiger partial charge in [0.05, 0.1) is 0 Å². The average molecular weight is 241 g/mol. The van der Waals surface area contributed by atoms with Gasteiger partial charge in [0.15, 0.2) is 0 Å². The van der Waals surface area contributed by atoms with E-state index in [1.807, 2.05) is 0 Å². The van der Waals surface area contributed by atoms with Crippen molar-refractivity contribution in [1.82, 2.24) is 0 Å². The average Bonchev–Trinajstić information content (AvgIpc) is 2.07. The molecule has 1 rings (SSSR count). The minimum absolute atomic E-state index is 0.0240. The Bertz CT molecular complexity index is 242. The van der Waals surface area contributed by atoms with Crippen molar-refractivity contribution in [3.63, 3.8) is 0 Å². The van der Waals surface area contributed by atoms with Crippen molar-refractivity contribution >= 4 is 0 Å². The predicted molar refractivity (Wildman–Crippen MR) is 74.0 cm³/mol. The Labute approximate surface area is 107 Å². The molecule has 0 aliphatic heterocycles. The summed E-state index contributed by atoms with van der Waals surface area (Å²) in [5.41, 5.74) is 7.43. The van der Waals surface area contributed by atoms with Gasteiger partial charge in [-0.3, -0.25) is 0 Å². The van der Waals surface area contributed by atoms with E-state index in [1.54, 1.807) is 7.11 Å². The van der Waals surface area contributed by atoms with E-state index in [0.717, 1.165) is 25.9 Å². The Kier molecular flexibility index (Phi) is 4.31. The van der Waals surface area contributed by atoms with Crippen LogP contribution in [0.1, 0.15) is 60.3 Å². The second-order valence-corrected chi connectivity index (χ2v) is 7.77. The van der Waals surface area contributed by atoms with Crippen LogP contribution in [0.15, 0.2) is 0 Å². The Morgan fingerprint density at radius 1 is 1.06 bits per heavy atom. The number of hydrogen-bond acceptors (Lipinski definition) is 2. The van der Waals surface area contributed by atoms with Crippen molar-refractivity contribution in [2.24, 2.45) is 22.5 Å². The lowest BCUT2D eigenvalue weighted by Crippen LogP contribution is -2.56. The minimum atomic E-state index is -0.0240. The van der Waals surface area contributed by atoms with Gasteiger partial charge in [0, 0.05) is 19.3 Å². The van der Waals surface area contributed by atoms with Gasteiger partial charge in [-0.15, -0.1) is 0 Å². The number of methoxy groups -OCH3 is 1. The molecular weight excluding hydrogens is 210 g/mol. The maximum absolute atomic E-state index is 6.74. The van der Waals surface area contributed by atoms with Gasteiger partial charge in [0.2, 0.25) is 0 Å². The molecule has 2 N–H and O–H groups in total. The first-order valence-corrected chi connectivity index (χ1v) is 6.88. The maximum Gasteiger partial charge on any atom is 0.0465 e. The molecule has 0 spiro atoms. The van der Waals surface area contributed by atoms with Crippen LogP contribution in [-0.2, 0) is 4.74 Å². The highest BCUT2D eigenvalue weighted by molar-refractivity contribution is 5.02. The Hall–Kier alpha value is -0.0800. The highest BCUT2D eigenvalue weighted by atomic mass is 16.5. The van der Waals surface area contributed by atoms with Crippen LogP contribution >= 0.6 is 0 Å². The lowest BCUT2D eigenvalue weighted by molar-refractivity contribution is 0.0138. The third-order valence-electron chi connectivity index (χ3n) is 4.31. The molecule has 0 bridgehead atoms. The molecule has 2 heteroatoms. The van der Waals surface area contributed by atoms with Crippen LogP contribution in [0.5, 0.6) is 0 Å². The van der Waals surface area contributed by atoms with E-state index in [1.165, 1.54) is 6.42 Å². The Morgan fingerprint density at radius 2 is 1.53 bits per heavy atom. The predicted octanol–water partition coefficient (Wildman–Crippen LogP) is 3.59. The molecule has 0 saturated heterocycles. The fraction of sp³-hybridized carbons (Fsp3) is 1.00. The van der Waals surface area contributed by atoms with Gasteiger partial charge in [0.1, 0.15) is 0 Å². The monoisotopic (exact) mass is 241 g/mol. The van der Waals surface area contributed by atoms with Gasteiger partial charge in [-0.25, -0.2) is 0 Å².